The fraction of sp³-hybridized carbons (Fsp3) is 0.214. The molecule has 6 nitrogen and oxygen atoms in total. The van der Waals surface area contributed by atoms with Gasteiger partial charge in [-0.3, -0.25) is 4.79 Å². The Morgan fingerprint density at radius 1 is 1.38 bits per heavy atom. The first-order chi connectivity index (χ1) is 9.88. The first kappa shape index (κ1) is 15.0. The van der Waals surface area contributed by atoms with Crippen LogP contribution in [-0.4, -0.2) is 27.1 Å². The van der Waals surface area contributed by atoms with Crippen molar-refractivity contribution in [3.05, 3.63) is 45.4 Å². The molecular weight excluding hydrogens is 292 g/mol. The molecule has 0 radical (unpaired) electrons. The Hall–Kier alpha value is -2.41. The highest BCUT2D eigenvalue weighted by molar-refractivity contribution is 7.09. The van der Waals surface area contributed by atoms with Crippen LogP contribution in [0.3, 0.4) is 0 Å². The molecule has 7 heteroatoms. The summed E-state index contributed by atoms with van der Waals surface area (Å²) in [4.78, 5) is 26.8. The normalized spacial score (nSPS) is 11.9. The van der Waals surface area contributed by atoms with Gasteiger partial charge in [0, 0.05) is 10.9 Å². The van der Waals surface area contributed by atoms with Crippen molar-refractivity contribution in [1.29, 1.82) is 0 Å². The van der Waals surface area contributed by atoms with Gasteiger partial charge in [0.2, 0.25) is 0 Å². The number of aryl methyl sites for hydroxylation is 1. The maximum atomic E-state index is 12.1. The highest BCUT2D eigenvalue weighted by atomic mass is 32.1. The number of aromatic hydroxyl groups is 1. The lowest BCUT2D eigenvalue weighted by molar-refractivity contribution is 0.0691. The van der Waals surface area contributed by atoms with E-state index in [4.69, 9.17) is 5.11 Å². The van der Waals surface area contributed by atoms with E-state index in [1.807, 2.05) is 0 Å². The number of nitrogens with zero attached hydrogens (tertiary/aromatic N) is 1. The molecule has 1 unspecified atom stereocenters. The predicted octanol–water partition coefficient (Wildman–Crippen LogP) is 2.35. The van der Waals surface area contributed by atoms with E-state index in [2.05, 4.69) is 10.3 Å². The molecule has 0 aliphatic carbocycles. The summed E-state index contributed by atoms with van der Waals surface area (Å²) in [7, 11) is 0. The number of carbonyl (C=O) groups is 2. The van der Waals surface area contributed by atoms with E-state index >= 15 is 0 Å². The number of hydrogen-bond acceptors (Lipinski definition) is 5. The minimum Gasteiger partial charge on any atom is -0.508 e. The number of carboxylic acid groups (broad SMARTS) is 1. The SMILES string of the molecule is Cc1ccc(C(=O)NC(C)c2nc(C(=O)O)cs2)cc1O. The zero-order chi connectivity index (χ0) is 15.6. The quantitative estimate of drug-likeness (QED) is 0.805. The van der Waals surface area contributed by atoms with Gasteiger partial charge in [-0.1, -0.05) is 6.07 Å². The average Bonchev–Trinajstić information content (AvgIpc) is 2.91. The third-order valence-electron chi connectivity index (χ3n) is 2.93. The molecule has 0 saturated carbocycles. The summed E-state index contributed by atoms with van der Waals surface area (Å²) in [6, 6.07) is 4.24. The van der Waals surface area contributed by atoms with E-state index in [1.54, 1.807) is 26.0 Å². The summed E-state index contributed by atoms with van der Waals surface area (Å²) in [5.74, 6) is -1.40. The van der Waals surface area contributed by atoms with Crippen molar-refractivity contribution < 1.29 is 19.8 Å². The second-order valence-corrected chi connectivity index (χ2v) is 5.46. The van der Waals surface area contributed by atoms with E-state index < -0.39 is 12.0 Å². The van der Waals surface area contributed by atoms with Gasteiger partial charge in [0.25, 0.3) is 5.91 Å². The number of aromatic carboxylic acids is 1. The van der Waals surface area contributed by atoms with Crippen LogP contribution in [-0.2, 0) is 0 Å². The van der Waals surface area contributed by atoms with Gasteiger partial charge in [0.15, 0.2) is 5.69 Å². The number of carboxylic acids is 1. The molecule has 110 valence electrons. The zero-order valence-electron chi connectivity index (χ0n) is 11.5. The first-order valence-corrected chi connectivity index (χ1v) is 7.05. The standard InChI is InChI=1S/C14H14N2O4S/c1-7-3-4-9(5-11(7)17)12(18)15-8(2)13-16-10(6-21-13)14(19)20/h3-6,8,17H,1-2H3,(H,15,18)(H,19,20). The van der Waals surface area contributed by atoms with Crippen molar-refractivity contribution in [3.8, 4) is 5.75 Å². The van der Waals surface area contributed by atoms with Crippen molar-refractivity contribution >= 4 is 23.2 Å². The summed E-state index contributed by atoms with van der Waals surface area (Å²) in [5.41, 5.74) is 0.981. The molecule has 1 aromatic carbocycles. The van der Waals surface area contributed by atoms with E-state index in [9.17, 15) is 14.7 Å². The molecule has 1 atom stereocenters. The average molecular weight is 306 g/mol. The monoisotopic (exact) mass is 306 g/mol. The van der Waals surface area contributed by atoms with E-state index in [0.29, 0.717) is 16.1 Å². The van der Waals surface area contributed by atoms with E-state index in [0.717, 1.165) is 0 Å². The molecule has 1 aromatic heterocycles. The Balaban J connectivity index is 2.10. The topological polar surface area (TPSA) is 99.5 Å². The second-order valence-electron chi connectivity index (χ2n) is 4.57. The van der Waals surface area contributed by atoms with Crippen LogP contribution in [0.15, 0.2) is 23.6 Å². The fourth-order valence-electron chi connectivity index (χ4n) is 1.68. The largest absolute Gasteiger partial charge is 0.508 e. The fourth-order valence-corrected chi connectivity index (χ4v) is 2.48. The lowest BCUT2D eigenvalue weighted by Crippen LogP contribution is -2.26. The summed E-state index contributed by atoms with van der Waals surface area (Å²) < 4.78 is 0. The lowest BCUT2D eigenvalue weighted by Gasteiger charge is -2.11. The second kappa shape index (κ2) is 5.92. The van der Waals surface area contributed by atoms with Crippen molar-refractivity contribution in [2.75, 3.05) is 0 Å². The summed E-state index contributed by atoms with van der Waals surface area (Å²) >= 11 is 1.17. The summed E-state index contributed by atoms with van der Waals surface area (Å²) in [6.07, 6.45) is 0. The van der Waals surface area contributed by atoms with Crippen LogP contribution < -0.4 is 5.32 Å². The van der Waals surface area contributed by atoms with Crippen molar-refractivity contribution in [2.24, 2.45) is 0 Å². The predicted molar refractivity (Wildman–Crippen MR) is 77.8 cm³/mol. The molecule has 2 aromatic rings. The van der Waals surface area contributed by atoms with Crippen molar-refractivity contribution in [3.63, 3.8) is 0 Å². The van der Waals surface area contributed by atoms with Gasteiger partial charge in [-0.05, 0) is 31.5 Å². The van der Waals surface area contributed by atoms with Crippen LogP contribution >= 0.6 is 11.3 Å². The molecule has 0 saturated heterocycles. The minimum atomic E-state index is -1.10. The van der Waals surface area contributed by atoms with Crippen LogP contribution in [0.1, 0.15) is 44.4 Å². The zero-order valence-corrected chi connectivity index (χ0v) is 12.3. The van der Waals surface area contributed by atoms with Gasteiger partial charge in [0.05, 0.1) is 6.04 Å². The number of nitrogens with one attached hydrogen (secondary N) is 1. The molecule has 0 aliphatic heterocycles. The number of aromatic nitrogens is 1. The third kappa shape index (κ3) is 3.38. The Labute approximate surface area is 125 Å². The molecule has 21 heavy (non-hydrogen) atoms. The van der Waals surface area contributed by atoms with Crippen LogP contribution in [0, 0.1) is 6.92 Å². The van der Waals surface area contributed by atoms with Gasteiger partial charge in [-0.25, -0.2) is 9.78 Å². The minimum absolute atomic E-state index is 0.0379. The van der Waals surface area contributed by atoms with Crippen LogP contribution in [0.4, 0.5) is 0 Å². The number of phenolic OH excluding ortho intramolecular Hbond substituents is 1. The summed E-state index contributed by atoms with van der Waals surface area (Å²) in [5, 5.41) is 23.1. The van der Waals surface area contributed by atoms with Gasteiger partial charge < -0.3 is 15.5 Å². The highest BCUT2D eigenvalue weighted by Gasteiger charge is 2.17. The van der Waals surface area contributed by atoms with E-state index in [1.165, 1.54) is 22.8 Å². The molecule has 0 fully saturated rings. The Bertz CT molecular complexity index is 696. The Morgan fingerprint density at radius 2 is 2.10 bits per heavy atom. The highest BCUT2D eigenvalue weighted by Crippen LogP contribution is 2.20. The molecule has 0 bridgehead atoms. The molecule has 0 spiro atoms. The van der Waals surface area contributed by atoms with Crippen molar-refractivity contribution in [1.82, 2.24) is 10.3 Å². The maximum absolute atomic E-state index is 12.1. The van der Waals surface area contributed by atoms with Gasteiger partial charge in [0.1, 0.15) is 10.8 Å². The lowest BCUT2D eigenvalue weighted by atomic mass is 10.1. The molecule has 1 amide bonds. The van der Waals surface area contributed by atoms with Gasteiger partial charge in [-0.2, -0.15) is 0 Å². The maximum Gasteiger partial charge on any atom is 0.355 e. The number of phenols is 1. The number of rotatable bonds is 4. The number of thiazole rings is 1. The molecule has 0 aliphatic rings. The number of benzene rings is 1. The Kier molecular flexibility index (Phi) is 4.23. The number of hydrogen-bond donors (Lipinski definition) is 3. The molecule has 1 heterocycles. The first-order valence-electron chi connectivity index (χ1n) is 6.17. The number of carbonyl (C=O) groups excluding carboxylic acids is 1. The van der Waals surface area contributed by atoms with Crippen LogP contribution in [0.25, 0.3) is 0 Å². The van der Waals surface area contributed by atoms with Gasteiger partial charge in [-0.15, -0.1) is 11.3 Å². The molecule has 2 rings (SSSR count). The number of amides is 1. The third-order valence-corrected chi connectivity index (χ3v) is 3.96. The summed E-state index contributed by atoms with van der Waals surface area (Å²) in [6.45, 7) is 3.46. The smallest absolute Gasteiger partial charge is 0.355 e. The molecule has 3 N–H and O–H groups in total. The van der Waals surface area contributed by atoms with Gasteiger partial charge >= 0.3 is 5.97 Å². The van der Waals surface area contributed by atoms with Crippen molar-refractivity contribution in [2.45, 2.75) is 19.9 Å². The van der Waals surface area contributed by atoms with Crippen LogP contribution in [0.5, 0.6) is 5.75 Å². The molecular formula is C14H14N2O4S. The van der Waals surface area contributed by atoms with E-state index in [-0.39, 0.29) is 17.4 Å². The van der Waals surface area contributed by atoms with Crippen LogP contribution in [0.2, 0.25) is 0 Å². The Morgan fingerprint density at radius 3 is 2.67 bits per heavy atom.